The summed E-state index contributed by atoms with van der Waals surface area (Å²) in [6.07, 6.45) is 0. The second kappa shape index (κ2) is 5.54. The lowest BCUT2D eigenvalue weighted by Crippen LogP contribution is -1.90. The Morgan fingerprint density at radius 1 is 0.773 bits per heavy atom. The molecule has 0 spiro atoms. The van der Waals surface area contributed by atoms with Gasteiger partial charge < -0.3 is 5.73 Å². The van der Waals surface area contributed by atoms with Crippen LogP contribution in [0.5, 0.6) is 0 Å². The molecule has 0 saturated carbocycles. The van der Waals surface area contributed by atoms with E-state index >= 15 is 0 Å². The average molecular weight is 309 g/mol. The van der Waals surface area contributed by atoms with Crippen molar-refractivity contribution in [3.8, 4) is 21.7 Å². The van der Waals surface area contributed by atoms with Crippen LogP contribution >= 0.6 is 11.3 Å². The third-order valence-corrected chi connectivity index (χ3v) is 4.42. The van der Waals surface area contributed by atoms with Gasteiger partial charge in [0.1, 0.15) is 0 Å². The van der Waals surface area contributed by atoms with E-state index in [1.807, 2.05) is 13.8 Å². The normalized spacial score (nSPS) is 10.9. The molecule has 0 atom stereocenters. The zero-order valence-corrected chi connectivity index (χ0v) is 14.1. The lowest BCUT2D eigenvalue weighted by molar-refractivity contribution is 1.13. The lowest BCUT2D eigenvalue weighted by Gasteiger charge is -2.07. The summed E-state index contributed by atoms with van der Waals surface area (Å²) < 4.78 is 0. The highest BCUT2D eigenvalue weighted by molar-refractivity contribution is 7.19. The average Bonchev–Trinajstić information content (AvgIpc) is 2.78. The van der Waals surface area contributed by atoms with E-state index < -0.39 is 0 Å². The molecule has 0 fully saturated rings. The Morgan fingerprint density at radius 3 is 1.95 bits per heavy atom. The summed E-state index contributed by atoms with van der Waals surface area (Å²) in [5.74, 6) is 0. The van der Waals surface area contributed by atoms with Crippen LogP contribution in [0.25, 0.3) is 21.7 Å². The van der Waals surface area contributed by atoms with Gasteiger partial charge in [0.05, 0.1) is 10.6 Å². The third-order valence-electron chi connectivity index (χ3n) is 3.48. The highest BCUT2D eigenvalue weighted by atomic mass is 32.1. The van der Waals surface area contributed by atoms with Gasteiger partial charge in [0.25, 0.3) is 0 Å². The van der Waals surface area contributed by atoms with E-state index in [1.54, 1.807) is 0 Å². The molecule has 3 aromatic rings. The Hall–Kier alpha value is -2.20. The SMILES string of the molecule is Cc1cc(C)cc(-c2nc(N)sc2-c2cc(C)nc(C)c2)c1. The second-order valence-electron chi connectivity index (χ2n) is 5.74. The Labute approximate surface area is 134 Å². The summed E-state index contributed by atoms with van der Waals surface area (Å²) >= 11 is 1.53. The molecule has 0 aliphatic rings. The number of hydrogen-bond donors (Lipinski definition) is 1. The van der Waals surface area contributed by atoms with Crippen LogP contribution in [-0.2, 0) is 0 Å². The first kappa shape index (κ1) is 14.7. The van der Waals surface area contributed by atoms with E-state index in [4.69, 9.17) is 5.73 Å². The van der Waals surface area contributed by atoms with Crippen LogP contribution in [-0.4, -0.2) is 9.97 Å². The second-order valence-corrected chi connectivity index (χ2v) is 6.78. The van der Waals surface area contributed by atoms with Crippen LogP contribution < -0.4 is 5.73 Å². The highest BCUT2D eigenvalue weighted by Gasteiger charge is 2.15. The summed E-state index contributed by atoms with van der Waals surface area (Å²) in [6.45, 7) is 8.23. The predicted octanol–water partition coefficient (Wildman–Crippen LogP) is 4.69. The molecular weight excluding hydrogens is 290 g/mol. The Kier molecular flexibility index (Phi) is 3.71. The molecular formula is C18H19N3S. The molecule has 112 valence electrons. The molecule has 1 aromatic carbocycles. The molecule has 0 radical (unpaired) electrons. The standard InChI is InChI=1S/C18H19N3S/c1-10-5-11(2)7-14(6-10)16-17(22-18(19)21-16)15-8-12(3)20-13(4)9-15/h5-9H,1-4H3,(H2,19,21). The number of hydrogen-bond acceptors (Lipinski definition) is 4. The Morgan fingerprint density at radius 2 is 1.36 bits per heavy atom. The fraction of sp³-hybridized carbons (Fsp3) is 0.222. The fourth-order valence-electron chi connectivity index (χ4n) is 2.80. The van der Waals surface area contributed by atoms with Crippen molar-refractivity contribution in [2.75, 3.05) is 5.73 Å². The van der Waals surface area contributed by atoms with Gasteiger partial charge in [0.15, 0.2) is 5.13 Å². The highest BCUT2D eigenvalue weighted by Crippen LogP contribution is 2.38. The molecule has 3 nitrogen and oxygen atoms in total. The molecule has 0 unspecified atom stereocenters. The van der Waals surface area contributed by atoms with Gasteiger partial charge in [0.2, 0.25) is 0 Å². The van der Waals surface area contributed by atoms with Crippen LogP contribution in [0.1, 0.15) is 22.5 Å². The minimum atomic E-state index is 0.594. The molecule has 0 aliphatic heterocycles. The molecule has 2 N–H and O–H groups in total. The number of anilines is 1. The quantitative estimate of drug-likeness (QED) is 0.747. The first-order valence-electron chi connectivity index (χ1n) is 7.23. The van der Waals surface area contributed by atoms with E-state index in [-0.39, 0.29) is 0 Å². The van der Waals surface area contributed by atoms with Crippen molar-refractivity contribution in [3.05, 3.63) is 52.8 Å². The number of nitrogens with two attached hydrogens (primary N) is 1. The van der Waals surface area contributed by atoms with E-state index in [9.17, 15) is 0 Å². The van der Waals surface area contributed by atoms with E-state index in [0.29, 0.717) is 5.13 Å². The number of thiazole rings is 1. The minimum absolute atomic E-state index is 0.594. The largest absolute Gasteiger partial charge is 0.375 e. The molecule has 3 rings (SSSR count). The number of pyridine rings is 1. The molecule has 4 heteroatoms. The maximum absolute atomic E-state index is 6.00. The number of aromatic nitrogens is 2. The predicted molar refractivity (Wildman–Crippen MR) is 94.1 cm³/mol. The van der Waals surface area contributed by atoms with Gasteiger partial charge in [-0.2, -0.15) is 0 Å². The van der Waals surface area contributed by atoms with Crippen molar-refractivity contribution in [1.29, 1.82) is 0 Å². The smallest absolute Gasteiger partial charge is 0.181 e. The maximum atomic E-state index is 6.00. The number of nitrogen functional groups attached to an aromatic ring is 1. The molecule has 0 aliphatic carbocycles. The summed E-state index contributed by atoms with van der Waals surface area (Å²) in [5, 5.41) is 0.594. The van der Waals surface area contributed by atoms with Gasteiger partial charge in [-0.05, 0) is 57.5 Å². The number of benzene rings is 1. The van der Waals surface area contributed by atoms with Gasteiger partial charge in [-0.25, -0.2) is 4.98 Å². The fourth-order valence-corrected chi connectivity index (χ4v) is 3.65. The van der Waals surface area contributed by atoms with Gasteiger partial charge in [-0.15, -0.1) is 0 Å². The van der Waals surface area contributed by atoms with Crippen molar-refractivity contribution in [2.45, 2.75) is 27.7 Å². The molecule has 0 amide bonds. The van der Waals surface area contributed by atoms with Gasteiger partial charge >= 0.3 is 0 Å². The molecule has 0 bridgehead atoms. The van der Waals surface area contributed by atoms with Crippen LogP contribution in [0.3, 0.4) is 0 Å². The Bertz CT molecular complexity index is 740. The summed E-state index contributed by atoms with van der Waals surface area (Å²) in [4.78, 5) is 10.1. The van der Waals surface area contributed by atoms with Crippen LogP contribution in [0, 0.1) is 27.7 Å². The van der Waals surface area contributed by atoms with Crippen molar-refractivity contribution >= 4 is 16.5 Å². The molecule has 22 heavy (non-hydrogen) atoms. The topological polar surface area (TPSA) is 51.8 Å². The zero-order valence-electron chi connectivity index (χ0n) is 13.3. The number of nitrogens with zero attached hydrogens (tertiary/aromatic N) is 2. The summed E-state index contributed by atoms with van der Waals surface area (Å²) in [7, 11) is 0. The first-order chi connectivity index (χ1) is 10.4. The summed E-state index contributed by atoms with van der Waals surface area (Å²) in [6, 6.07) is 10.7. The van der Waals surface area contributed by atoms with E-state index in [0.717, 1.165) is 33.1 Å². The monoisotopic (exact) mass is 309 g/mol. The molecule has 0 saturated heterocycles. The van der Waals surface area contributed by atoms with Gasteiger partial charge in [-0.1, -0.05) is 28.5 Å². The van der Waals surface area contributed by atoms with E-state index in [2.05, 4.69) is 54.1 Å². The number of rotatable bonds is 2. The maximum Gasteiger partial charge on any atom is 0.181 e. The van der Waals surface area contributed by atoms with E-state index in [1.165, 1.54) is 22.5 Å². The third kappa shape index (κ3) is 2.88. The molecule has 2 aromatic heterocycles. The van der Waals surface area contributed by atoms with Crippen molar-refractivity contribution in [2.24, 2.45) is 0 Å². The first-order valence-corrected chi connectivity index (χ1v) is 8.04. The number of aryl methyl sites for hydroxylation is 4. The summed E-state index contributed by atoms with van der Waals surface area (Å²) in [5.41, 5.74) is 13.7. The van der Waals surface area contributed by atoms with Crippen molar-refractivity contribution < 1.29 is 0 Å². The van der Waals surface area contributed by atoms with Crippen LogP contribution in [0.4, 0.5) is 5.13 Å². The molecule has 2 heterocycles. The lowest BCUT2D eigenvalue weighted by atomic mass is 10.0. The Balaban J connectivity index is 2.22. The zero-order chi connectivity index (χ0) is 15.9. The van der Waals surface area contributed by atoms with Crippen molar-refractivity contribution in [1.82, 2.24) is 9.97 Å². The van der Waals surface area contributed by atoms with Gasteiger partial charge in [-0.3, -0.25) is 4.98 Å². The minimum Gasteiger partial charge on any atom is -0.375 e. The van der Waals surface area contributed by atoms with Crippen LogP contribution in [0.15, 0.2) is 30.3 Å². The van der Waals surface area contributed by atoms with Crippen molar-refractivity contribution in [3.63, 3.8) is 0 Å². The van der Waals surface area contributed by atoms with Crippen LogP contribution in [0.2, 0.25) is 0 Å². The van der Waals surface area contributed by atoms with Gasteiger partial charge in [0, 0.05) is 17.0 Å².